The Hall–Kier alpha value is -1.49. The summed E-state index contributed by atoms with van der Waals surface area (Å²) in [6.45, 7) is 5.43. The van der Waals surface area contributed by atoms with Gasteiger partial charge >= 0.3 is 0 Å². The highest BCUT2D eigenvalue weighted by Crippen LogP contribution is 2.44. The predicted molar refractivity (Wildman–Crippen MR) is 90.3 cm³/mol. The third-order valence-corrected chi connectivity index (χ3v) is 6.22. The Morgan fingerprint density at radius 3 is 2.83 bits per heavy atom. The molecule has 1 saturated carbocycles. The van der Waals surface area contributed by atoms with Gasteiger partial charge < -0.3 is 9.64 Å². The number of aromatic nitrogens is 2. The van der Waals surface area contributed by atoms with Crippen LogP contribution in [0.2, 0.25) is 0 Å². The van der Waals surface area contributed by atoms with Gasteiger partial charge in [0, 0.05) is 43.6 Å². The number of carbonyl (C=O) groups excluding carboxylic acids is 1. The zero-order valence-electron chi connectivity index (χ0n) is 14.5. The molecule has 2 aliphatic heterocycles. The zero-order chi connectivity index (χ0) is 16.5. The van der Waals surface area contributed by atoms with Gasteiger partial charge in [0.25, 0.3) is 0 Å². The zero-order valence-corrected chi connectivity index (χ0v) is 14.5. The van der Waals surface area contributed by atoms with E-state index in [1.807, 2.05) is 6.92 Å². The molecule has 4 rings (SSSR count). The van der Waals surface area contributed by atoms with Crippen LogP contribution >= 0.6 is 0 Å². The molecule has 2 saturated heterocycles. The number of nitrogens with zero attached hydrogens (tertiary/aromatic N) is 3. The van der Waals surface area contributed by atoms with E-state index in [4.69, 9.17) is 4.74 Å². The fraction of sp³-hybridized carbons (Fsp3) is 0.737. The van der Waals surface area contributed by atoms with Gasteiger partial charge in [-0.1, -0.05) is 0 Å². The minimum Gasteiger partial charge on any atom is -0.381 e. The number of carbonyl (C=O) groups is 1. The van der Waals surface area contributed by atoms with Crippen LogP contribution in [0.4, 0.5) is 0 Å². The number of amides is 1. The van der Waals surface area contributed by atoms with Crippen LogP contribution in [0, 0.1) is 30.6 Å². The number of hydrogen-bond donors (Lipinski definition) is 0. The lowest BCUT2D eigenvalue weighted by atomic mass is 9.89. The number of rotatable bonds is 3. The molecule has 5 nitrogen and oxygen atoms in total. The van der Waals surface area contributed by atoms with Crippen molar-refractivity contribution in [3.63, 3.8) is 0 Å². The molecule has 24 heavy (non-hydrogen) atoms. The molecular weight excluding hydrogens is 302 g/mol. The Bertz CT molecular complexity index is 600. The van der Waals surface area contributed by atoms with Gasteiger partial charge in [-0.25, -0.2) is 9.97 Å². The van der Waals surface area contributed by atoms with Gasteiger partial charge in [0.2, 0.25) is 5.91 Å². The molecular formula is C19H27N3O2. The van der Waals surface area contributed by atoms with Gasteiger partial charge in [-0.15, -0.1) is 0 Å². The molecule has 0 unspecified atom stereocenters. The third-order valence-electron chi connectivity index (χ3n) is 6.22. The average Bonchev–Trinajstić information content (AvgIpc) is 3.17. The maximum atomic E-state index is 12.8. The summed E-state index contributed by atoms with van der Waals surface area (Å²) in [5.74, 6) is 2.59. The number of hydrogen-bond acceptors (Lipinski definition) is 4. The molecule has 3 fully saturated rings. The van der Waals surface area contributed by atoms with Crippen LogP contribution in [0.15, 0.2) is 12.4 Å². The van der Waals surface area contributed by atoms with E-state index < -0.39 is 0 Å². The maximum Gasteiger partial charge on any atom is 0.225 e. The van der Waals surface area contributed by atoms with E-state index in [9.17, 15) is 4.79 Å². The molecule has 5 heteroatoms. The van der Waals surface area contributed by atoms with Crippen molar-refractivity contribution in [1.82, 2.24) is 14.9 Å². The van der Waals surface area contributed by atoms with Gasteiger partial charge in [0.15, 0.2) is 0 Å². The van der Waals surface area contributed by atoms with Gasteiger partial charge in [-0.05, 0) is 62.8 Å². The highest BCUT2D eigenvalue weighted by molar-refractivity contribution is 5.79. The summed E-state index contributed by atoms with van der Waals surface area (Å²) < 4.78 is 5.40. The van der Waals surface area contributed by atoms with E-state index >= 15 is 0 Å². The summed E-state index contributed by atoms with van der Waals surface area (Å²) in [4.78, 5) is 23.6. The van der Waals surface area contributed by atoms with Crippen LogP contribution < -0.4 is 0 Å². The molecule has 0 N–H and O–H groups in total. The van der Waals surface area contributed by atoms with Crippen LogP contribution in [0.5, 0.6) is 0 Å². The maximum absolute atomic E-state index is 12.8. The molecule has 0 radical (unpaired) electrons. The summed E-state index contributed by atoms with van der Waals surface area (Å²) in [6.07, 6.45) is 7.04. The van der Waals surface area contributed by atoms with E-state index in [2.05, 4.69) is 20.9 Å². The summed E-state index contributed by atoms with van der Waals surface area (Å²) in [5, 5.41) is 0. The van der Waals surface area contributed by atoms with Gasteiger partial charge in [-0.3, -0.25) is 4.79 Å². The molecule has 1 aromatic heterocycles. The van der Waals surface area contributed by atoms with Crippen molar-refractivity contribution in [3.05, 3.63) is 23.8 Å². The Morgan fingerprint density at radius 1 is 1.21 bits per heavy atom. The van der Waals surface area contributed by atoms with E-state index in [-0.39, 0.29) is 5.92 Å². The SMILES string of the molecule is Cc1cc(C[C@H]2CC[C@@H]3CN(C(=O)C4CCOCC4)C[C@H]23)ncn1. The predicted octanol–water partition coefficient (Wildman–Crippen LogP) is 2.24. The summed E-state index contributed by atoms with van der Waals surface area (Å²) >= 11 is 0. The smallest absolute Gasteiger partial charge is 0.225 e. The van der Waals surface area contributed by atoms with Gasteiger partial charge in [0.1, 0.15) is 6.33 Å². The first kappa shape index (κ1) is 16.0. The van der Waals surface area contributed by atoms with Crippen LogP contribution in [-0.4, -0.2) is 47.1 Å². The number of fused-ring (bicyclic) bond motifs is 1. The minimum absolute atomic E-state index is 0.195. The molecule has 0 spiro atoms. The monoisotopic (exact) mass is 329 g/mol. The molecule has 1 amide bonds. The van der Waals surface area contributed by atoms with E-state index in [0.717, 1.165) is 57.0 Å². The molecule has 1 aromatic rings. The quantitative estimate of drug-likeness (QED) is 0.853. The van der Waals surface area contributed by atoms with Crippen LogP contribution in [0.3, 0.4) is 0 Å². The number of ether oxygens (including phenoxy) is 1. The number of aryl methyl sites for hydroxylation is 1. The molecule has 130 valence electrons. The lowest BCUT2D eigenvalue weighted by Gasteiger charge is -2.27. The Balaban J connectivity index is 1.38. The van der Waals surface area contributed by atoms with Crippen molar-refractivity contribution in [2.45, 2.75) is 39.0 Å². The Morgan fingerprint density at radius 2 is 2.04 bits per heavy atom. The third kappa shape index (κ3) is 3.18. The first-order valence-electron chi connectivity index (χ1n) is 9.35. The highest BCUT2D eigenvalue weighted by Gasteiger charge is 2.44. The second kappa shape index (κ2) is 6.79. The number of likely N-dealkylation sites (tertiary alicyclic amines) is 1. The normalized spacial score (nSPS) is 30.5. The average molecular weight is 329 g/mol. The Labute approximate surface area is 143 Å². The molecule has 3 heterocycles. The lowest BCUT2D eigenvalue weighted by molar-refractivity contribution is -0.137. The van der Waals surface area contributed by atoms with Crippen LogP contribution in [-0.2, 0) is 16.0 Å². The van der Waals surface area contributed by atoms with Crippen molar-refractivity contribution in [2.24, 2.45) is 23.7 Å². The van der Waals surface area contributed by atoms with Crippen molar-refractivity contribution >= 4 is 5.91 Å². The van der Waals surface area contributed by atoms with Gasteiger partial charge in [-0.2, -0.15) is 0 Å². The second-order valence-electron chi connectivity index (χ2n) is 7.75. The minimum atomic E-state index is 0.195. The standard InChI is InChI=1S/C19H27N3O2/c1-13-8-17(21-12-20-13)9-15-2-3-16-10-22(11-18(15)16)19(23)14-4-6-24-7-5-14/h8,12,14-16,18H,2-7,9-11H2,1H3/t15-,16-,18-/m1/s1. The molecule has 0 aromatic carbocycles. The fourth-order valence-electron chi connectivity index (χ4n) is 4.90. The van der Waals surface area contributed by atoms with E-state index in [0.29, 0.717) is 23.7 Å². The highest BCUT2D eigenvalue weighted by atomic mass is 16.5. The molecule has 1 aliphatic carbocycles. The first-order chi connectivity index (χ1) is 11.7. The van der Waals surface area contributed by atoms with Gasteiger partial charge in [0.05, 0.1) is 0 Å². The van der Waals surface area contributed by atoms with Crippen LogP contribution in [0.25, 0.3) is 0 Å². The first-order valence-corrected chi connectivity index (χ1v) is 9.35. The topological polar surface area (TPSA) is 55.3 Å². The summed E-state index contributed by atoms with van der Waals surface area (Å²) in [7, 11) is 0. The molecule has 0 bridgehead atoms. The van der Waals surface area contributed by atoms with Crippen molar-refractivity contribution in [2.75, 3.05) is 26.3 Å². The largest absolute Gasteiger partial charge is 0.381 e. The molecule has 3 atom stereocenters. The molecule has 3 aliphatic rings. The fourth-order valence-corrected chi connectivity index (χ4v) is 4.90. The van der Waals surface area contributed by atoms with Crippen molar-refractivity contribution in [3.8, 4) is 0 Å². The van der Waals surface area contributed by atoms with E-state index in [1.54, 1.807) is 6.33 Å². The summed E-state index contributed by atoms with van der Waals surface area (Å²) in [5.41, 5.74) is 2.19. The van der Waals surface area contributed by atoms with Crippen LogP contribution in [0.1, 0.15) is 37.1 Å². The summed E-state index contributed by atoms with van der Waals surface area (Å²) in [6, 6.07) is 2.10. The second-order valence-corrected chi connectivity index (χ2v) is 7.75. The van der Waals surface area contributed by atoms with Crippen molar-refractivity contribution < 1.29 is 9.53 Å². The van der Waals surface area contributed by atoms with E-state index in [1.165, 1.54) is 12.8 Å². The van der Waals surface area contributed by atoms with Crippen molar-refractivity contribution in [1.29, 1.82) is 0 Å². The lowest BCUT2D eigenvalue weighted by Crippen LogP contribution is -2.38. The Kier molecular flexibility index (Phi) is 4.53.